The number of aromatic nitrogens is 1. The Balaban J connectivity index is 1.65. The van der Waals surface area contributed by atoms with Crippen molar-refractivity contribution in [2.75, 3.05) is 13.1 Å². The van der Waals surface area contributed by atoms with E-state index in [1.54, 1.807) is 11.3 Å². The Morgan fingerprint density at radius 2 is 2.26 bits per heavy atom. The van der Waals surface area contributed by atoms with Crippen molar-refractivity contribution in [3.63, 3.8) is 0 Å². The minimum atomic E-state index is 0.334. The van der Waals surface area contributed by atoms with E-state index in [0.29, 0.717) is 17.7 Å². The van der Waals surface area contributed by atoms with Crippen LogP contribution in [0.3, 0.4) is 0 Å². The number of nitrogens with zero attached hydrogens (tertiary/aromatic N) is 2. The van der Waals surface area contributed by atoms with Crippen molar-refractivity contribution in [2.24, 2.45) is 5.92 Å². The van der Waals surface area contributed by atoms with Crippen molar-refractivity contribution < 1.29 is 4.79 Å². The van der Waals surface area contributed by atoms with E-state index in [4.69, 9.17) is 4.98 Å². The van der Waals surface area contributed by atoms with E-state index in [1.807, 2.05) is 0 Å². The fraction of sp³-hybridized carbons (Fsp3) is 0.733. The first-order valence-electron chi connectivity index (χ1n) is 7.51. The number of carbonyl (C=O) groups excluding carboxylic acids is 1. The Hall–Kier alpha value is -0.900. The SMILES string of the molecule is CCc1csc(C2CCCN(C(=O)C3CCC3)C2)n1. The zero-order valence-corrected chi connectivity index (χ0v) is 12.4. The van der Waals surface area contributed by atoms with Gasteiger partial charge in [-0.2, -0.15) is 0 Å². The Kier molecular flexibility index (Phi) is 3.87. The van der Waals surface area contributed by atoms with E-state index in [0.717, 1.165) is 38.8 Å². The summed E-state index contributed by atoms with van der Waals surface area (Å²) < 4.78 is 0. The first-order chi connectivity index (χ1) is 9.28. The maximum Gasteiger partial charge on any atom is 0.225 e. The highest BCUT2D eigenvalue weighted by atomic mass is 32.1. The summed E-state index contributed by atoms with van der Waals surface area (Å²) in [5.41, 5.74) is 1.20. The predicted molar refractivity (Wildman–Crippen MR) is 77.4 cm³/mol. The van der Waals surface area contributed by atoms with Gasteiger partial charge in [-0.05, 0) is 32.1 Å². The third-order valence-electron chi connectivity index (χ3n) is 4.47. The average Bonchev–Trinajstić information content (AvgIpc) is 2.85. The topological polar surface area (TPSA) is 33.2 Å². The van der Waals surface area contributed by atoms with Crippen LogP contribution in [0.2, 0.25) is 0 Å². The molecule has 2 heterocycles. The molecule has 3 rings (SSSR count). The summed E-state index contributed by atoms with van der Waals surface area (Å²) in [6.07, 6.45) is 6.78. The molecule has 1 aliphatic heterocycles. The number of rotatable bonds is 3. The summed E-state index contributed by atoms with van der Waals surface area (Å²) in [7, 11) is 0. The van der Waals surface area contributed by atoms with Crippen LogP contribution in [0.25, 0.3) is 0 Å². The molecule has 3 nitrogen and oxygen atoms in total. The average molecular weight is 278 g/mol. The minimum Gasteiger partial charge on any atom is -0.342 e. The summed E-state index contributed by atoms with van der Waals surface area (Å²) >= 11 is 1.77. The zero-order valence-electron chi connectivity index (χ0n) is 11.6. The van der Waals surface area contributed by atoms with Crippen molar-refractivity contribution in [3.8, 4) is 0 Å². The normalized spacial score (nSPS) is 24.3. The van der Waals surface area contributed by atoms with E-state index in [1.165, 1.54) is 23.5 Å². The minimum absolute atomic E-state index is 0.334. The maximum absolute atomic E-state index is 12.3. The lowest BCUT2D eigenvalue weighted by Gasteiger charge is -2.36. The highest BCUT2D eigenvalue weighted by molar-refractivity contribution is 7.09. The zero-order chi connectivity index (χ0) is 13.2. The van der Waals surface area contributed by atoms with Gasteiger partial charge < -0.3 is 4.90 Å². The monoisotopic (exact) mass is 278 g/mol. The molecule has 0 aromatic carbocycles. The second kappa shape index (κ2) is 5.61. The lowest BCUT2D eigenvalue weighted by Crippen LogP contribution is -2.44. The Morgan fingerprint density at radius 1 is 1.42 bits per heavy atom. The summed E-state index contributed by atoms with van der Waals surface area (Å²) in [6.45, 7) is 4.00. The standard InChI is InChI=1S/C15H22N2OS/c1-2-13-10-19-14(16-13)12-7-4-8-17(9-12)15(18)11-5-3-6-11/h10-12H,2-9H2,1H3. The summed E-state index contributed by atoms with van der Waals surface area (Å²) in [5.74, 6) is 1.22. The van der Waals surface area contributed by atoms with Gasteiger partial charge in [-0.3, -0.25) is 4.79 Å². The second-order valence-corrected chi connectivity index (χ2v) is 6.67. The highest BCUT2D eigenvalue weighted by Gasteiger charge is 2.33. The summed E-state index contributed by atoms with van der Waals surface area (Å²) in [5, 5.41) is 3.41. The van der Waals surface area contributed by atoms with Gasteiger partial charge in [-0.25, -0.2) is 4.98 Å². The number of aryl methyl sites for hydroxylation is 1. The third-order valence-corrected chi connectivity index (χ3v) is 5.52. The molecule has 19 heavy (non-hydrogen) atoms. The van der Waals surface area contributed by atoms with Gasteiger partial charge in [0, 0.05) is 30.3 Å². The van der Waals surface area contributed by atoms with Gasteiger partial charge in [-0.15, -0.1) is 11.3 Å². The molecule has 1 aliphatic carbocycles. The van der Waals surface area contributed by atoms with Gasteiger partial charge in [-0.1, -0.05) is 13.3 Å². The lowest BCUT2D eigenvalue weighted by atomic mass is 9.83. The predicted octanol–water partition coefficient (Wildman–Crippen LogP) is 3.21. The molecule has 1 saturated carbocycles. The number of amides is 1. The third kappa shape index (κ3) is 2.69. The van der Waals surface area contributed by atoms with Gasteiger partial charge in [0.2, 0.25) is 5.91 Å². The number of piperidine rings is 1. The number of likely N-dealkylation sites (tertiary alicyclic amines) is 1. The molecule has 1 unspecified atom stereocenters. The van der Waals surface area contributed by atoms with Gasteiger partial charge >= 0.3 is 0 Å². The quantitative estimate of drug-likeness (QED) is 0.850. The molecule has 1 aromatic rings. The molecule has 2 aliphatic rings. The van der Waals surface area contributed by atoms with Crippen LogP contribution >= 0.6 is 11.3 Å². The summed E-state index contributed by atoms with van der Waals surface area (Å²) in [4.78, 5) is 19.1. The maximum atomic E-state index is 12.3. The molecular weight excluding hydrogens is 256 g/mol. The van der Waals surface area contributed by atoms with Crippen LogP contribution in [-0.4, -0.2) is 28.9 Å². The molecule has 1 saturated heterocycles. The molecule has 4 heteroatoms. The van der Waals surface area contributed by atoms with E-state index >= 15 is 0 Å². The molecule has 0 bridgehead atoms. The number of hydrogen-bond acceptors (Lipinski definition) is 3. The van der Waals surface area contributed by atoms with E-state index in [9.17, 15) is 4.79 Å². The fourth-order valence-electron chi connectivity index (χ4n) is 2.96. The smallest absolute Gasteiger partial charge is 0.225 e. The largest absolute Gasteiger partial charge is 0.342 e. The number of thiazole rings is 1. The highest BCUT2D eigenvalue weighted by Crippen LogP contribution is 2.33. The van der Waals surface area contributed by atoms with Gasteiger partial charge in [0.25, 0.3) is 0 Å². The van der Waals surface area contributed by atoms with Gasteiger partial charge in [0.05, 0.1) is 10.7 Å². The summed E-state index contributed by atoms with van der Waals surface area (Å²) in [6, 6.07) is 0. The van der Waals surface area contributed by atoms with Crippen molar-refractivity contribution in [2.45, 2.75) is 51.4 Å². The molecule has 104 valence electrons. The van der Waals surface area contributed by atoms with Crippen molar-refractivity contribution >= 4 is 17.2 Å². The molecule has 0 radical (unpaired) electrons. The first-order valence-corrected chi connectivity index (χ1v) is 8.39. The van der Waals surface area contributed by atoms with E-state index in [2.05, 4.69) is 17.2 Å². The van der Waals surface area contributed by atoms with Crippen LogP contribution in [0, 0.1) is 5.92 Å². The van der Waals surface area contributed by atoms with Crippen molar-refractivity contribution in [1.82, 2.24) is 9.88 Å². The lowest BCUT2D eigenvalue weighted by molar-refractivity contribution is -0.139. The second-order valence-electron chi connectivity index (χ2n) is 5.78. The molecule has 2 fully saturated rings. The molecule has 0 spiro atoms. The van der Waals surface area contributed by atoms with Gasteiger partial charge in [0.15, 0.2) is 0 Å². The molecule has 1 aromatic heterocycles. The Morgan fingerprint density at radius 3 is 2.89 bits per heavy atom. The van der Waals surface area contributed by atoms with Gasteiger partial charge in [0.1, 0.15) is 0 Å². The van der Waals surface area contributed by atoms with Crippen LogP contribution in [-0.2, 0) is 11.2 Å². The molecular formula is C15H22N2OS. The number of hydrogen-bond donors (Lipinski definition) is 0. The van der Waals surface area contributed by atoms with Crippen molar-refractivity contribution in [3.05, 3.63) is 16.1 Å². The van der Waals surface area contributed by atoms with Crippen LogP contribution in [0.15, 0.2) is 5.38 Å². The van der Waals surface area contributed by atoms with Crippen LogP contribution in [0.1, 0.15) is 55.6 Å². The van der Waals surface area contributed by atoms with Crippen LogP contribution < -0.4 is 0 Å². The van der Waals surface area contributed by atoms with Crippen molar-refractivity contribution in [1.29, 1.82) is 0 Å². The fourth-order valence-corrected chi connectivity index (χ4v) is 4.00. The first kappa shape index (κ1) is 13.1. The van der Waals surface area contributed by atoms with Crippen LogP contribution in [0.5, 0.6) is 0 Å². The molecule has 1 amide bonds. The number of carbonyl (C=O) groups is 1. The molecule has 0 N–H and O–H groups in total. The van der Waals surface area contributed by atoms with E-state index in [-0.39, 0.29) is 0 Å². The van der Waals surface area contributed by atoms with E-state index < -0.39 is 0 Å². The van der Waals surface area contributed by atoms with Crippen LogP contribution in [0.4, 0.5) is 0 Å². The molecule has 1 atom stereocenters. The Labute approximate surface area is 119 Å². The Bertz CT molecular complexity index is 453.